The molecule has 3 N–H and O–H groups in total. The van der Waals surface area contributed by atoms with E-state index in [4.69, 9.17) is 0 Å². The molecule has 2 rings (SSSR count). The Morgan fingerprint density at radius 2 is 1.65 bits per heavy atom. The van der Waals surface area contributed by atoms with Gasteiger partial charge in [-0.25, -0.2) is 0 Å². The van der Waals surface area contributed by atoms with E-state index in [-0.39, 0.29) is 28.3 Å². The number of amides is 1. The number of aromatic hydroxyl groups is 1. The van der Waals surface area contributed by atoms with Crippen LogP contribution in [0.1, 0.15) is 15.9 Å². The molecule has 0 aliphatic carbocycles. The highest BCUT2D eigenvalue weighted by molar-refractivity contribution is 5.96. The molecule has 7 heteroatoms. The number of hydrazine groups is 1. The molecule has 1 amide bonds. The quantitative estimate of drug-likeness (QED) is 0.716. The number of para-hydroxylation sites is 2. The van der Waals surface area contributed by atoms with Crippen LogP contribution in [0.4, 0.5) is 8.78 Å². The van der Waals surface area contributed by atoms with Crippen LogP contribution >= 0.6 is 0 Å². The second-order valence-corrected chi connectivity index (χ2v) is 4.45. The molecular formula is C16H14F2N2O3. The first-order valence-electron chi connectivity index (χ1n) is 6.56. The molecule has 0 saturated heterocycles. The van der Waals surface area contributed by atoms with Crippen molar-refractivity contribution in [1.29, 1.82) is 0 Å². The average Bonchev–Trinajstić information content (AvgIpc) is 2.52. The summed E-state index contributed by atoms with van der Waals surface area (Å²) in [4.78, 5) is 11.9. The highest BCUT2D eigenvalue weighted by atomic mass is 19.3. The third-order valence-electron chi connectivity index (χ3n) is 2.90. The minimum Gasteiger partial charge on any atom is -0.507 e. The Labute approximate surface area is 131 Å². The molecule has 0 spiro atoms. The van der Waals surface area contributed by atoms with Crippen molar-refractivity contribution in [3.05, 3.63) is 66.2 Å². The Morgan fingerprint density at radius 1 is 1.04 bits per heavy atom. The Bertz CT molecular complexity index is 720. The minimum atomic E-state index is -2.97. The number of hydrogen-bond donors (Lipinski definition) is 3. The molecular weight excluding hydrogens is 306 g/mol. The molecule has 120 valence electrons. The zero-order valence-corrected chi connectivity index (χ0v) is 11.9. The molecule has 0 radical (unpaired) electrons. The number of nitrogens with one attached hydrogen (secondary N) is 2. The first-order chi connectivity index (χ1) is 11.0. The van der Waals surface area contributed by atoms with Crippen LogP contribution in [0.5, 0.6) is 11.5 Å². The van der Waals surface area contributed by atoms with Crippen molar-refractivity contribution in [3.8, 4) is 11.5 Å². The molecule has 0 unspecified atom stereocenters. The van der Waals surface area contributed by atoms with Crippen LogP contribution < -0.4 is 15.6 Å². The molecule has 0 aliphatic heterocycles. The van der Waals surface area contributed by atoms with Crippen LogP contribution in [0.2, 0.25) is 0 Å². The van der Waals surface area contributed by atoms with E-state index in [1.54, 1.807) is 18.2 Å². The lowest BCUT2D eigenvalue weighted by molar-refractivity contribution is -0.0500. The number of benzene rings is 2. The molecule has 5 nitrogen and oxygen atoms in total. The second-order valence-electron chi connectivity index (χ2n) is 4.45. The SMILES string of the molecule is C=C(NNC(=O)c1ccccc1O)c1ccccc1OC(F)F. The van der Waals surface area contributed by atoms with Gasteiger partial charge in [-0.05, 0) is 24.3 Å². The van der Waals surface area contributed by atoms with Crippen LogP contribution in [-0.2, 0) is 0 Å². The van der Waals surface area contributed by atoms with Crippen LogP contribution in [0.15, 0.2) is 55.1 Å². The van der Waals surface area contributed by atoms with Gasteiger partial charge in [-0.3, -0.25) is 15.6 Å². The summed E-state index contributed by atoms with van der Waals surface area (Å²) in [6.45, 7) is 0.695. The van der Waals surface area contributed by atoms with Gasteiger partial charge >= 0.3 is 6.61 Å². The van der Waals surface area contributed by atoms with Crippen molar-refractivity contribution in [2.75, 3.05) is 0 Å². The fourth-order valence-electron chi connectivity index (χ4n) is 1.85. The lowest BCUT2D eigenvalue weighted by atomic mass is 10.1. The fourth-order valence-corrected chi connectivity index (χ4v) is 1.85. The normalized spacial score (nSPS) is 10.2. The highest BCUT2D eigenvalue weighted by Crippen LogP contribution is 2.24. The van der Waals surface area contributed by atoms with E-state index < -0.39 is 12.5 Å². The molecule has 0 aromatic heterocycles. The van der Waals surface area contributed by atoms with Gasteiger partial charge < -0.3 is 9.84 Å². The van der Waals surface area contributed by atoms with Gasteiger partial charge in [0.25, 0.3) is 5.91 Å². The number of phenolic OH excluding ortho intramolecular Hbond substituents is 1. The summed E-state index contributed by atoms with van der Waals surface area (Å²) in [5.74, 6) is -0.854. The molecule has 2 aromatic rings. The van der Waals surface area contributed by atoms with Crippen LogP contribution in [-0.4, -0.2) is 17.6 Å². The maximum atomic E-state index is 12.4. The molecule has 0 saturated carbocycles. The van der Waals surface area contributed by atoms with Gasteiger partial charge in [0.05, 0.1) is 11.3 Å². The molecule has 2 aromatic carbocycles. The van der Waals surface area contributed by atoms with Gasteiger partial charge in [0.2, 0.25) is 0 Å². The number of ether oxygens (including phenoxy) is 1. The highest BCUT2D eigenvalue weighted by Gasteiger charge is 2.13. The number of halogens is 2. The topological polar surface area (TPSA) is 70.6 Å². The molecule has 0 bridgehead atoms. The molecule has 0 aliphatic rings. The summed E-state index contributed by atoms with van der Waals surface area (Å²) in [5.41, 5.74) is 5.32. The van der Waals surface area contributed by atoms with Gasteiger partial charge in [-0.15, -0.1) is 0 Å². The zero-order chi connectivity index (χ0) is 16.8. The third-order valence-corrected chi connectivity index (χ3v) is 2.90. The predicted molar refractivity (Wildman–Crippen MR) is 80.8 cm³/mol. The van der Waals surface area contributed by atoms with E-state index in [1.807, 2.05) is 0 Å². The number of alkyl halides is 2. The Morgan fingerprint density at radius 3 is 2.30 bits per heavy atom. The van der Waals surface area contributed by atoms with Gasteiger partial charge in [-0.1, -0.05) is 30.8 Å². The summed E-state index contributed by atoms with van der Waals surface area (Å²) < 4.78 is 29.1. The Hall–Kier alpha value is -3.09. The second kappa shape index (κ2) is 7.26. The summed E-state index contributed by atoms with van der Waals surface area (Å²) in [6.07, 6.45) is 0. The first kappa shape index (κ1) is 16.3. The van der Waals surface area contributed by atoms with Crippen molar-refractivity contribution in [2.45, 2.75) is 6.61 Å². The maximum absolute atomic E-state index is 12.4. The third kappa shape index (κ3) is 4.19. The lowest BCUT2D eigenvalue weighted by Crippen LogP contribution is -2.36. The smallest absolute Gasteiger partial charge is 0.387 e. The summed E-state index contributed by atoms with van der Waals surface area (Å²) in [6, 6.07) is 12.0. The van der Waals surface area contributed by atoms with Gasteiger partial charge in [0.15, 0.2) is 0 Å². The fraction of sp³-hybridized carbons (Fsp3) is 0.0625. The number of carbonyl (C=O) groups excluding carboxylic acids is 1. The Balaban J connectivity index is 2.06. The first-order valence-corrected chi connectivity index (χ1v) is 6.56. The van der Waals surface area contributed by atoms with E-state index in [0.29, 0.717) is 0 Å². The van der Waals surface area contributed by atoms with Crippen molar-refractivity contribution < 1.29 is 23.4 Å². The van der Waals surface area contributed by atoms with E-state index in [0.717, 1.165) is 0 Å². The number of phenols is 1. The molecule has 23 heavy (non-hydrogen) atoms. The van der Waals surface area contributed by atoms with Crippen LogP contribution in [0.25, 0.3) is 5.70 Å². The number of hydrogen-bond acceptors (Lipinski definition) is 4. The van der Waals surface area contributed by atoms with E-state index in [2.05, 4.69) is 22.2 Å². The van der Waals surface area contributed by atoms with Crippen molar-refractivity contribution in [2.24, 2.45) is 0 Å². The van der Waals surface area contributed by atoms with Crippen LogP contribution in [0, 0.1) is 0 Å². The number of rotatable bonds is 6. The van der Waals surface area contributed by atoms with Crippen molar-refractivity contribution >= 4 is 11.6 Å². The Kier molecular flexibility index (Phi) is 5.14. The summed E-state index contributed by atoms with van der Waals surface area (Å²) >= 11 is 0. The molecule has 0 heterocycles. The van der Waals surface area contributed by atoms with Crippen molar-refractivity contribution in [1.82, 2.24) is 10.9 Å². The van der Waals surface area contributed by atoms with E-state index in [9.17, 15) is 18.7 Å². The summed E-state index contributed by atoms with van der Waals surface area (Å²) in [7, 11) is 0. The maximum Gasteiger partial charge on any atom is 0.387 e. The average molecular weight is 320 g/mol. The van der Waals surface area contributed by atoms with Gasteiger partial charge in [0.1, 0.15) is 11.5 Å². The predicted octanol–water partition coefficient (Wildman–Crippen LogP) is 2.90. The largest absolute Gasteiger partial charge is 0.507 e. The van der Waals surface area contributed by atoms with Gasteiger partial charge in [0, 0.05) is 5.56 Å². The standard InChI is InChI=1S/C16H14F2N2O3/c1-10(11-6-3-5-9-14(11)23-16(17)18)19-20-15(22)12-7-2-4-8-13(12)21/h2-9,16,19,21H,1H2,(H,20,22). The zero-order valence-electron chi connectivity index (χ0n) is 11.9. The van der Waals surface area contributed by atoms with Gasteiger partial charge in [-0.2, -0.15) is 8.78 Å². The van der Waals surface area contributed by atoms with Crippen molar-refractivity contribution in [3.63, 3.8) is 0 Å². The van der Waals surface area contributed by atoms with E-state index in [1.165, 1.54) is 30.3 Å². The molecule has 0 fully saturated rings. The number of carbonyl (C=O) groups is 1. The minimum absolute atomic E-state index is 0.0601. The summed E-state index contributed by atoms with van der Waals surface area (Å²) in [5, 5.41) is 9.59. The van der Waals surface area contributed by atoms with Crippen LogP contribution in [0.3, 0.4) is 0 Å². The monoisotopic (exact) mass is 320 g/mol. The molecule has 0 atom stereocenters. The lowest BCUT2D eigenvalue weighted by Gasteiger charge is -2.15. The van der Waals surface area contributed by atoms with E-state index >= 15 is 0 Å².